The zero-order chi connectivity index (χ0) is 22.0. The van der Waals surface area contributed by atoms with Gasteiger partial charge in [-0.05, 0) is 63.2 Å². The average Bonchev–Trinajstić information content (AvgIpc) is 2.78. The minimum Gasteiger partial charge on any atom is -0.493 e. The second kappa shape index (κ2) is 8.98. The second-order valence-electron chi connectivity index (χ2n) is 8.36. The van der Waals surface area contributed by atoms with Gasteiger partial charge in [0, 0.05) is 37.5 Å². The highest BCUT2D eigenvalue weighted by atomic mass is 16.5. The molecule has 1 aliphatic heterocycles. The van der Waals surface area contributed by atoms with E-state index in [1.54, 1.807) is 24.7 Å². The number of nitrogens with zero attached hydrogens (tertiary/aromatic N) is 4. The maximum Gasteiger partial charge on any atom is 0.258 e. The Balaban J connectivity index is 1.60. The molecule has 0 aliphatic carbocycles. The van der Waals surface area contributed by atoms with E-state index in [0.717, 1.165) is 36.8 Å². The molecule has 2 aromatic heterocycles. The number of fused-ring (bicyclic) bond motifs is 1. The van der Waals surface area contributed by atoms with E-state index >= 15 is 0 Å². The lowest BCUT2D eigenvalue weighted by molar-refractivity contribution is 0.285. The molecule has 1 aliphatic rings. The van der Waals surface area contributed by atoms with Crippen molar-refractivity contribution in [1.82, 2.24) is 14.3 Å². The molecule has 0 atom stereocenters. The first kappa shape index (κ1) is 21.2. The Hall–Kier alpha value is -3.06. The summed E-state index contributed by atoms with van der Waals surface area (Å²) in [5.41, 5.74) is 3.02. The lowest BCUT2D eigenvalue weighted by atomic mass is 9.96. The highest BCUT2D eigenvalue weighted by Crippen LogP contribution is 2.31. The molecule has 4 rings (SSSR count). The molecule has 31 heavy (non-hydrogen) atoms. The Morgan fingerprint density at radius 1 is 1.03 bits per heavy atom. The molecule has 1 fully saturated rings. The van der Waals surface area contributed by atoms with E-state index in [0.29, 0.717) is 22.8 Å². The van der Waals surface area contributed by atoms with Crippen LogP contribution in [0.15, 0.2) is 47.4 Å². The molecule has 0 saturated carbocycles. The number of pyridine rings is 1. The maximum absolute atomic E-state index is 12.9. The molecule has 3 aromatic rings. The molecular weight excluding hydrogens is 392 g/mol. The third-order valence-corrected chi connectivity index (χ3v) is 5.93. The maximum atomic E-state index is 12.9. The Morgan fingerprint density at radius 3 is 2.45 bits per heavy atom. The van der Waals surface area contributed by atoms with E-state index in [9.17, 15) is 4.79 Å². The molecule has 0 bridgehead atoms. The first-order chi connectivity index (χ1) is 15.0. The van der Waals surface area contributed by atoms with Gasteiger partial charge in [0.1, 0.15) is 5.65 Å². The van der Waals surface area contributed by atoms with Crippen LogP contribution in [0, 0.1) is 5.92 Å². The topological polar surface area (TPSA) is 59.3 Å². The van der Waals surface area contributed by atoms with Crippen LogP contribution in [-0.4, -0.2) is 62.2 Å². The molecule has 1 aromatic carbocycles. The van der Waals surface area contributed by atoms with Crippen molar-refractivity contribution in [1.29, 1.82) is 0 Å². The van der Waals surface area contributed by atoms with Gasteiger partial charge in [0.25, 0.3) is 5.56 Å². The summed E-state index contributed by atoms with van der Waals surface area (Å²) in [7, 11) is 7.45. The number of anilines is 1. The minimum atomic E-state index is -0.0980. The van der Waals surface area contributed by atoms with Crippen molar-refractivity contribution >= 4 is 11.3 Å². The van der Waals surface area contributed by atoms with Crippen molar-refractivity contribution in [2.75, 3.05) is 52.8 Å². The van der Waals surface area contributed by atoms with E-state index in [2.05, 4.69) is 30.0 Å². The molecular formula is C24H30N4O3. The minimum absolute atomic E-state index is 0.0980. The fourth-order valence-electron chi connectivity index (χ4n) is 4.31. The third kappa shape index (κ3) is 4.51. The van der Waals surface area contributed by atoms with Crippen LogP contribution in [0.4, 0.5) is 5.69 Å². The number of rotatable bonds is 6. The molecule has 1 saturated heterocycles. The zero-order valence-electron chi connectivity index (χ0n) is 18.7. The van der Waals surface area contributed by atoms with Gasteiger partial charge in [-0.1, -0.05) is 0 Å². The normalized spacial score (nSPS) is 14.9. The summed E-state index contributed by atoms with van der Waals surface area (Å²) in [5.74, 6) is 1.98. The van der Waals surface area contributed by atoms with Crippen molar-refractivity contribution in [3.05, 3.63) is 52.9 Å². The van der Waals surface area contributed by atoms with Gasteiger partial charge in [-0.15, -0.1) is 0 Å². The molecule has 0 N–H and O–H groups in total. The van der Waals surface area contributed by atoms with Crippen LogP contribution in [-0.2, 0) is 0 Å². The van der Waals surface area contributed by atoms with E-state index < -0.39 is 0 Å². The fraction of sp³-hybridized carbons (Fsp3) is 0.417. The van der Waals surface area contributed by atoms with Crippen LogP contribution in [0.1, 0.15) is 12.8 Å². The van der Waals surface area contributed by atoms with Gasteiger partial charge in [-0.2, -0.15) is 0 Å². The highest BCUT2D eigenvalue weighted by Gasteiger charge is 2.20. The van der Waals surface area contributed by atoms with Crippen LogP contribution >= 0.6 is 0 Å². The number of hydrogen-bond acceptors (Lipinski definition) is 6. The van der Waals surface area contributed by atoms with Gasteiger partial charge in [-0.3, -0.25) is 9.20 Å². The average molecular weight is 423 g/mol. The number of benzene rings is 1. The number of hydrogen-bond donors (Lipinski definition) is 0. The van der Waals surface area contributed by atoms with Crippen LogP contribution in [0.2, 0.25) is 0 Å². The van der Waals surface area contributed by atoms with Crippen molar-refractivity contribution in [3.63, 3.8) is 0 Å². The molecule has 0 unspecified atom stereocenters. The molecule has 0 amide bonds. The van der Waals surface area contributed by atoms with Crippen molar-refractivity contribution in [2.24, 2.45) is 5.92 Å². The summed E-state index contributed by atoms with van der Waals surface area (Å²) in [6.07, 6.45) is 4.25. The summed E-state index contributed by atoms with van der Waals surface area (Å²) >= 11 is 0. The quantitative estimate of drug-likeness (QED) is 0.608. The van der Waals surface area contributed by atoms with Gasteiger partial charge in [0.15, 0.2) is 11.5 Å². The Morgan fingerprint density at radius 2 is 1.77 bits per heavy atom. The first-order valence-electron chi connectivity index (χ1n) is 10.6. The second-order valence-corrected chi connectivity index (χ2v) is 8.36. The Bertz CT molecular complexity index is 1120. The lowest BCUT2D eigenvalue weighted by Gasteiger charge is -2.34. The summed E-state index contributed by atoms with van der Waals surface area (Å²) in [6.45, 7) is 3.15. The number of methoxy groups -OCH3 is 2. The summed E-state index contributed by atoms with van der Waals surface area (Å²) < 4.78 is 12.3. The highest BCUT2D eigenvalue weighted by molar-refractivity contribution is 5.66. The van der Waals surface area contributed by atoms with Crippen LogP contribution in [0.25, 0.3) is 16.9 Å². The van der Waals surface area contributed by atoms with Crippen molar-refractivity contribution in [2.45, 2.75) is 12.8 Å². The molecule has 3 heterocycles. The predicted molar refractivity (Wildman–Crippen MR) is 123 cm³/mol. The number of piperidine rings is 1. The van der Waals surface area contributed by atoms with Gasteiger partial charge in [0.2, 0.25) is 0 Å². The molecule has 0 spiro atoms. The molecule has 7 nitrogen and oxygen atoms in total. The van der Waals surface area contributed by atoms with Crippen LogP contribution in [0.3, 0.4) is 0 Å². The van der Waals surface area contributed by atoms with E-state index in [1.165, 1.54) is 12.8 Å². The SMILES string of the molecule is COc1ccc(-c2cc(=O)n3cc(N4CCC(CN(C)C)CC4)ccc3n2)cc1OC. The van der Waals surface area contributed by atoms with E-state index in [-0.39, 0.29) is 5.56 Å². The number of ether oxygens (including phenoxy) is 2. The third-order valence-electron chi connectivity index (χ3n) is 5.93. The molecule has 0 radical (unpaired) electrons. The summed E-state index contributed by atoms with van der Waals surface area (Å²) in [4.78, 5) is 22.2. The van der Waals surface area contributed by atoms with Crippen molar-refractivity contribution in [3.8, 4) is 22.8 Å². The van der Waals surface area contributed by atoms with Gasteiger partial charge in [-0.25, -0.2) is 4.98 Å². The molecule has 164 valence electrons. The monoisotopic (exact) mass is 422 g/mol. The lowest BCUT2D eigenvalue weighted by Crippen LogP contribution is -2.37. The smallest absolute Gasteiger partial charge is 0.258 e. The van der Waals surface area contributed by atoms with Crippen LogP contribution < -0.4 is 19.9 Å². The number of aromatic nitrogens is 2. The van der Waals surface area contributed by atoms with Gasteiger partial charge in [0.05, 0.1) is 25.6 Å². The summed E-state index contributed by atoms with van der Waals surface area (Å²) in [5, 5.41) is 0. The Labute approximate surface area is 182 Å². The fourth-order valence-corrected chi connectivity index (χ4v) is 4.31. The standard InChI is InChI=1S/C24H30N4O3/c1-26(2)15-17-9-11-27(12-10-17)19-6-8-23-25-20(14-24(29)28(23)16-19)18-5-7-21(30-3)22(13-18)31-4/h5-8,13-14,16-17H,9-12,15H2,1-4H3. The predicted octanol–water partition coefficient (Wildman–Crippen LogP) is 3.16. The molecule has 7 heteroatoms. The largest absolute Gasteiger partial charge is 0.493 e. The van der Waals surface area contributed by atoms with Gasteiger partial charge >= 0.3 is 0 Å². The first-order valence-corrected chi connectivity index (χ1v) is 10.6. The zero-order valence-corrected chi connectivity index (χ0v) is 18.7. The van der Waals surface area contributed by atoms with E-state index in [1.807, 2.05) is 30.5 Å². The van der Waals surface area contributed by atoms with Gasteiger partial charge < -0.3 is 19.3 Å². The summed E-state index contributed by atoms with van der Waals surface area (Å²) in [6, 6.07) is 11.1. The Kier molecular flexibility index (Phi) is 6.13. The van der Waals surface area contributed by atoms with Crippen molar-refractivity contribution < 1.29 is 9.47 Å². The van der Waals surface area contributed by atoms with Crippen LogP contribution in [0.5, 0.6) is 11.5 Å². The van der Waals surface area contributed by atoms with E-state index in [4.69, 9.17) is 14.5 Å².